The van der Waals surface area contributed by atoms with Crippen molar-refractivity contribution in [2.75, 3.05) is 25.1 Å². The summed E-state index contributed by atoms with van der Waals surface area (Å²) in [6.07, 6.45) is 2.22. The molecule has 1 fully saturated rings. The lowest BCUT2D eigenvalue weighted by Crippen LogP contribution is -2.35. The highest BCUT2D eigenvalue weighted by Gasteiger charge is 2.14. The van der Waals surface area contributed by atoms with Gasteiger partial charge in [-0.25, -0.2) is 4.79 Å². The van der Waals surface area contributed by atoms with Gasteiger partial charge in [-0.05, 0) is 42.4 Å². The average molecular weight is 276 g/mol. The van der Waals surface area contributed by atoms with Crippen molar-refractivity contribution >= 4 is 11.7 Å². The molecule has 110 valence electrons. The van der Waals surface area contributed by atoms with Crippen LogP contribution in [0.25, 0.3) is 0 Å². The fourth-order valence-electron chi connectivity index (χ4n) is 2.36. The van der Waals surface area contributed by atoms with Crippen molar-refractivity contribution in [3.8, 4) is 0 Å². The van der Waals surface area contributed by atoms with Gasteiger partial charge in [0.25, 0.3) is 0 Å². The van der Waals surface area contributed by atoms with Crippen LogP contribution in [0.3, 0.4) is 0 Å². The molecular formula is C16H24N2O2. The zero-order valence-electron chi connectivity index (χ0n) is 12.3. The van der Waals surface area contributed by atoms with E-state index >= 15 is 0 Å². The van der Waals surface area contributed by atoms with Crippen LogP contribution >= 0.6 is 0 Å². The van der Waals surface area contributed by atoms with E-state index in [0.717, 1.165) is 31.7 Å². The van der Waals surface area contributed by atoms with Crippen molar-refractivity contribution < 1.29 is 9.53 Å². The summed E-state index contributed by atoms with van der Waals surface area (Å²) in [6, 6.07) is 7.84. The Kier molecular flexibility index (Phi) is 5.41. The Morgan fingerprint density at radius 2 is 2.30 bits per heavy atom. The van der Waals surface area contributed by atoms with Crippen LogP contribution in [0.1, 0.15) is 38.2 Å². The number of benzene rings is 1. The Balaban J connectivity index is 1.80. The zero-order valence-corrected chi connectivity index (χ0v) is 12.3. The highest BCUT2D eigenvalue weighted by atomic mass is 16.5. The molecule has 1 aromatic carbocycles. The SMILES string of the molecule is CC(C)c1cccc(NC(=O)NC[C@@H]2CCCOC2)c1. The Morgan fingerprint density at radius 1 is 1.45 bits per heavy atom. The molecule has 0 saturated carbocycles. The van der Waals surface area contributed by atoms with E-state index in [1.54, 1.807) is 0 Å². The van der Waals surface area contributed by atoms with Crippen molar-refractivity contribution in [2.24, 2.45) is 5.92 Å². The highest BCUT2D eigenvalue weighted by Crippen LogP contribution is 2.18. The molecule has 0 aromatic heterocycles. The van der Waals surface area contributed by atoms with Gasteiger partial charge >= 0.3 is 6.03 Å². The molecule has 0 bridgehead atoms. The van der Waals surface area contributed by atoms with Gasteiger partial charge in [0, 0.05) is 18.8 Å². The van der Waals surface area contributed by atoms with Crippen LogP contribution in [0.15, 0.2) is 24.3 Å². The van der Waals surface area contributed by atoms with E-state index in [-0.39, 0.29) is 6.03 Å². The molecule has 1 aliphatic heterocycles. The zero-order chi connectivity index (χ0) is 14.4. The summed E-state index contributed by atoms with van der Waals surface area (Å²) in [5.41, 5.74) is 2.07. The first-order chi connectivity index (χ1) is 9.65. The smallest absolute Gasteiger partial charge is 0.319 e. The second-order valence-corrected chi connectivity index (χ2v) is 5.70. The van der Waals surface area contributed by atoms with Crippen LogP contribution in [0.4, 0.5) is 10.5 Å². The van der Waals surface area contributed by atoms with Gasteiger partial charge in [-0.3, -0.25) is 0 Å². The number of hydrogen-bond acceptors (Lipinski definition) is 2. The molecule has 2 N–H and O–H groups in total. The molecule has 1 saturated heterocycles. The van der Waals surface area contributed by atoms with Gasteiger partial charge < -0.3 is 15.4 Å². The quantitative estimate of drug-likeness (QED) is 0.886. The van der Waals surface area contributed by atoms with Crippen molar-refractivity contribution in [3.63, 3.8) is 0 Å². The molecule has 1 aromatic rings. The monoisotopic (exact) mass is 276 g/mol. The maximum absolute atomic E-state index is 11.9. The molecule has 20 heavy (non-hydrogen) atoms. The van der Waals surface area contributed by atoms with Crippen molar-refractivity contribution in [2.45, 2.75) is 32.6 Å². The van der Waals surface area contributed by atoms with E-state index in [1.807, 2.05) is 18.2 Å². The number of anilines is 1. The average Bonchev–Trinajstić information content (AvgIpc) is 2.46. The van der Waals surface area contributed by atoms with Gasteiger partial charge in [-0.2, -0.15) is 0 Å². The lowest BCUT2D eigenvalue weighted by Gasteiger charge is -2.22. The second kappa shape index (κ2) is 7.29. The molecule has 2 rings (SSSR count). The predicted octanol–water partition coefficient (Wildman–Crippen LogP) is 3.36. The number of nitrogens with one attached hydrogen (secondary N) is 2. The number of hydrogen-bond donors (Lipinski definition) is 2. The third-order valence-corrected chi connectivity index (χ3v) is 3.62. The minimum Gasteiger partial charge on any atom is -0.381 e. The minimum absolute atomic E-state index is 0.142. The van der Waals surface area contributed by atoms with Crippen LogP contribution in [0, 0.1) is 5.92 Å². The van der Waals surface area contributed by atoms with Gasteiger partial charge in [0.2, 0.25) is 0 Å². The van der Waals surface area contributed by atoms with Crippen LogP contribution in [-0.2, 0) is 4.74 Å². The summed E-state index contributed by atoms with van der Waals surface area (Å²) in [7, 11) is 0. The number of ether oxygens (including phenoxy) is 1. The molecule has 0 spiro atoms. The van der Waals surface area contributed by atoms with E-state index in [9.17, 15) is 4.79 Å². The second-order valence-electron chi connectivity index (χ2n) is 5.70. The van der Waals surface area contributed by atoms with E-state index in [2.05, 4.69) is 30.5 Å². The maximum Gasteiger partial charge on any atom is 0.319 e. The summed E-state index contributed by atoms with van der Waals surface area (Å²) in [5, 5.41) is 5.81. The topological polar surface area (TPSA) is 50.4 Å². The Labute approximate surface area is 120 Å². The van der Waals surface area contributed by atoms with Crippen molar-refractivity contribution in [3.05, 3.63) is 29.8 Å². The molecule has 4 nitrogen and oxygen atoms in total. The Hall–Kier alpha value is -1.55. The van der Waals surface area contributed by atoms with E-state index < -0.39 is 0 Å². The Bertz CT molecular complexity index is 440. The maximum atomic E-state index is 11.9. The lowest BCUT2D eigenvalue weighted by molar-refractivity contribution is 0.0559. The lowest BCUT2D eigenvalue weighted by atomic mass is 10.0. The van der Waals surface area contributed by atoms with E-state index in [1.165, 1.54) is 5.56 Å². The molecule has 1 heterocycles. The standard InChI is InChI=1S/C16H24N2O2/c1-12(2)14-6-3-7-15(9-14)18-16(19)17-10-13-5-4-8-20-11-13/h3,6-7,9,12-13H,4-5,8,10-11H2,1-2H3,(H2,17,18,19)/t13-/m0/s1. The first kappa shape index (κ1) is 14.9. The van der Waals surface area contributed by atoms with Crippen molar-refractivity contribution in [1.29, 1.82) is 0 Å². The van der Waals surface area contributed by atoms with Gasteiger partial charge in [0.1, 0.15) is 0 Å². The van der Waals surface area contributed by atoms with Crippen LogP contribution < -0.4 is 10.6 Å². The first-order valence-corrected chi connectivity index (χ1v) is 7.37. The van der Waals surface area contributed by atoms with Crippen LogP contribution in [-0.4, -0.2) is 25.8 Å². The summed E-state index contributed by atoms with van der Waals surface area (Å²) in [4.78, 5) is 11.9. The Morgan fingerprint density at radius 3 is 3.00 bits per heavy atom. The molecule has 4 heteroatoms. The molecule has 0 aliphatic carbocycles. The third-order valence-electron chi connectivity index (χ3n) is 3.62. The highest BCUT2D eigenvalue weighted by molar-refractivity contribution is 5.89. The number of amides is 2. The van der Waals surface area contributed by atoms with E-state index in [4.69, 9.17) is 4.74 Å². The number of urea groups is 1. The largest absolute Gasteiger partial charge is 0.381 e. The minimum atomic E-state index is -0.142. The molecule has 0 unspecified atom stereocenters. The van der Waals surface area contributed by atoms with Gasteiger partial charge in [-0.1, -0.05) is 26.0 Å². The summed E-state index contributed by atoms with van der Waals surface area (Å²) in [5.74, 6) is 0.899. The fraction of sp³-hybridized carbons (Fsp3) is 0.562. The number of carbonyl (C=O) groups is 1. The van der Waals surface area contributed by atoms with E-state index in [0.29, 0.717) is 18.4 Å². The molecular weight excluding hydrogens is 252 g/mol. The molecule has 0 radical (unpaired) electrons. The molecule has 1 aliphatic rings. The number of rotatable bonds is 4. The molecule has 1 atom stereocenters. The summed E-state index contributed by atoms with van der Waals surface area (Å²) < 4.78 is 5.40. The van der Waals surface area contributed by atoms with Gasteiger partial charge in [0.05, 0.1) is 6.61 Å². The predicted molar refractivity (Wildman–Crippen MR) is 81.1 cm³/mol. The van der Waals surface area contributed by atoms with Gasteiger partial charge in [-0.15, -0.1) is 0 Å². The number of carbonyl (C=O) groups excluding carboxylic acids is 1. The van der Waals surface area contributed by atoms with Gasteiger partial charge in [0.15, 0.2) is 0 Å². The van der Waals surface area contributed by atoms with Crippen molar-refractivity contribution in [1.82, 2.24) is 5.32 Å². The fourth-order valence-corrected chi connectivity index (χ4v) is 2.36. The van der Waals surface area contributed by atoms with Crippen LogP contribution in [0.5, 0.6) is 0 Å². The van der Waals surface area contributed by atoms with Crippen LogP contribution in [0.2, 0.25) is 0 Å². The third kappa shape index (κ3) is 4.53. The molecule has 2 amide bonds. The first-order valence-electron chi connectivity index (χ1n) is 7.37. The summed E-state index contributed by atoms with van der Waals surface area (Å²) in [6.45, 7) is 6.56. The normalized spacial score (nSPS) is 18.9. The summed E-state index contributed by atoms with van der Waals surface area (Å²) >= 11 is 0.